The van der Waals surface area contributed by atoms with Crippen molar-refractivity contribution >= 4 is 5.82 Å². The summed E-state index contributed by atoms with van der Waals surface area (Å²) in [5, 5.41) is 3.04. The van der Waals surface area contributed by atoms with Gasteiger partial charge in [-0.3, -0.25) is 4.90 Å². The SMILES string of the molecule is CCN(Cc1ccc(NC)nc1)CC1CC1. The van der Waals surface area contributed by atoms with E-state index in [1.165, 1.54) is 24.9 Å². The predicted octanol–water partition coefficient (Wildman–Crippen LogP) is 2.36. The molecule has 0 spiro atoms. The van der Waals surface area contributed by atoms with E-state index in [1.807, 2.05) is 19.3 Å². The fourth-order valence-corrected chi connectivity index (χ4v) is 1.90. The van der Waals surface area contributed by atoms with Crippen molar-refractivity contribution in [2.45, 2.75) is 26.3 Å². The number of rotatable bonds is 6. The zero-order valence-corrected chi connectivity index (χ0v) is 10.2. The Balaban J connectivity index is 1.89. The minimum atomic E-state index is 0.939. The van der Waals surface area contributed by atoms with E-state index in [4.69, 9.17) is 0 Å². The molecule has 1 saturated carbocycles. The minimum Gasteiger partial charge on any atom is -0.373 e. The number of anilines is 1. The second-order valence-corrected chi connectivity index (χ2v) is 4.57. The number of aromatic nitrogens is 1. The van der Waals surface area contributed by atoms with Crippen LogP contribution in [0.4, 0.5) is 5.82 Å². The highest BCUT2D eigenvalue weighted by atomic mass is 15.1. The number of pyridine rings is 1. The van der Waals surface area contributed by atoms with Crippen LogP contribution in [0.1, 0.15) is 25.3 Å². The lowest BCUT2D eigenvalue weighted by atomic mass is 10.2. The van der Waals surface area contributed by atoms with Crippen molar-refractivity contribution in [3.8, 4) is 0 Å². The first-order valence-corrected chi connectivity index (χ1v) is 6.17. The van der Waals surface area contributed by atoms with Crippen LogP contribution < -0.4 is 5.32 Å². The highest BCUT2D eigenvalue weighted by Crippen LogP contribution is 2.30. The van der Waals surface area contributed by atoms with Crippen molar-refractivity contribution in [3.05, 3.63) is 23.9 Å². The van der Waals surface area contributed by atoms with E-state index >= 15 is 0 Å². The number of hydrogen-bond acceptors (Lipinski definition) is 3. The van der Waals surface area contributed by atoms with Crippen LogP contribution in [0.25, 0.3) is 0 Å². The lowest BCUT2D eigenvalue weighted by molar-refractivity contribution is 0.268. The van der Waals surface area contributed by atoms with Gasteiger partial charge in [0.2, 0.25) is 0 Å². The Morgan fingerprint density at radius 2 is 2.25 bits per heavy atom. The van der Waals surface area contributed by atoms with Gasteiger partial charge in [-0.25, -0.2) is 4.98 Å². The summed E-state index contributed by atoms with van der Waals surface area (Å²) in [6.45, 7) is 5.65. The van der Waals surface area contributed by atoms with Crippen LogP contribution in [0.5, 0.6) is 0 Å². The summed E-state index contributed by atoms with van der Waals surface area (Å²) in [5.41, 5.74) is 1.31. The summed E-state index contributed by atoms with van der Waals surface area (Å²) in [6, 6.07) is 4.20. The second-order valence-electron chi connectivity index (χ2n) is 4.57. The van der Waals surface area contributed by atoms with E-state index in [9.17, 15) is 0 Å². The summed E-state index contributed by atoms with van der Waals surface area (Å²) in [5.74, 6) is 1.90. The molecule has 0 saturated heterocycles. The minimum absolute atomic E-state index is 0.939. The van der Waals surface area contributed by atoms with Gasteiger partial charge >= 0.3 is 0 Å². The molecular weight excluding hydrogens is 198 g/mol. The Bertz CT molecular complexity index is 316. The van der Waals surface area contributed by atoms with Gasteiger partial charge in [-0.1, -0.05) is 13.0 Å². The summed E-state index contributed by atoms with van der Waals surface area (Å²) < 4.78 is 0. The molecule has 3 nitrogen and oxygen atoms in total. The van der Waals surface area contributed by atoms with E-state index < -0.39 is 0 Å². The monoisotopic (exact) mass is 219 g/mol. The van der Waals surface area contributed by atoms with E-state index in [-0.39, 0.29) is 0 Å². The highest BCUT2D eigenvalue weighted by molar-refractivity contribution is 5.34. The molecular formula is C13H21N3. The van der Waals surface area contributed by atoms with Crippen molar-refractivity contribution in [3.63, 3.8) is 0 Å². The van der Waals surface area contributed by atoms with E-state index in [1.54, 1.807) is 0 Å². The van der Waals surface area contributed by atoms with Gasteiger partial charge < -0.3 is 5.32 Å². The van der Waals surface area contributed by atoms with Crippen LogP contribution in [0.15, 0.2) is 18.3 Å². The molecule has 1 N–H and O–H groups in total. The Kier molecular flexibility index (Phi) is 3.78. The third-order valence-electron chi connectivity index (χ3n) is 3.15. The number of nitrogens with one attached hydrogen (secondary N) is 1. The Morgan fingerprint density at radius 1 is 1.44 bits per heavy atom. The topological polar surface area (TPSA) is 28.2 Å². The van der Waals surface area contributed by atoms with Gasteiger partial charge in [-0.15, -0.1) is 0 Å². The maximum absolute atomic E-state index is 4.34. The lowest BCUT2D eigenvalue weighted by Gasteiger charge is -2.20. The van der Waals surface area contributed by atoms with Crippen molar-refractivity contribution < 1.29 is 0 Å². The molecule has 0 radical (unpaired) electrons. The van der Waals surface area contributed by atoms with Crippen molar-refractivity contribution in [1.29, 1.82) is 0 Å². The van der Waals surface area contributed by atoms with Gasteiger partial charge in [-0.2, -0.15) is 0 Å². The molecule has 1 heterocycles. The summed E-state index contributed by atoms with van der Waals surface area (Å²) in [7, 11) is 1.90. The van der Waals surface area contributed by atoms with Crippen LogP contribution >= 0.6 is 0 Å². The molecule has 1 aromatic heterocycles. The molecule has 16 heavy (non-hydrogen) atoms. The largest absolute Gasteiger partial charge is 0.373 e. The van der Waals surface area contributed by atoms with Crippen LogP contribution in [0, 0.1) is 5.92 Å². The van der Waals surface area contributed by atoms with E-state index in [0.29, 0.717) is 0 Å². The van der Waals surface area contributed by atoms with Crippen LogP contribution in [0.2, 0.25) is 0 Å². The first-order valence-electron chi connectivity index (χ1n) is 6.17. The maximum Gasteiger partial charge on any atom is 0.125 e. The Labute approximate surface area is 97.9 Å². The van der Waals surface area contributed by atoms with Crippen molar-refractivity contribution in [1.82, 2.24) is 9.88 Å². The standard InChI is InChI=1S/C13H21N3/c1-3-16(9-11-4-5-11)10-12-6-7-13(14-2)15-8-12/h6-8,11H,3-5,9-10H2,1-2H3,(H,14,15). The Hall–Kier alpha value is -1.09. The molecule has 0 aromatic carbocycles. The van der Waals surface area contributed by atoms with Crippen LogP contribution in [-0.4, -0.2) is 30.0 Å². The molecule has 0 bridgehead atoms. The quantitative estimate of drug-likeness (QED) is 0.796. The van der Waals surface area contributed by atoms with Gasteiger partial charge in [0.05, 0.1) is 0 Å². The van der Waals surface area contributed by atoms with Gasteiger partial charge in [0.1, 0.15) is 5.82 Å². The lowest BCUT2D eigenvalue weighted by Crippen LogP contribution is -2.25. The predicted molar refractivity (Wildman–Crippen MR) is 67.5 cm³/mol. The van der Waals surface area contributed by atoms with Crippen LogP contribution in [-0.2, 0) is 6.54 Å². The zero-order chi connectivity index (χ0) is 11.4. The summed E-state index contributed by atoms with van der Waals surface area (Å²) in [4.78, 5) is 6.85. The average molecular weight is 219 g/mol. The summed E-state index contributed by atoms with van der Waals surface area (Å²) in [6.07, 6.45) is 4.82. The van der Waals surface area contributed by atoms with Crippen molar-refractivity contribution in [2.24, 2.45) is 5.92 Å². The second kappa shape index (κ2) is 5.30. The molecule has 1 aliphatic carbocycles. The third kappa shape index (κ3) is 3.20. The maximum atomic E-state index is 4.34. The Morgan fingerprint density at radius 3 is 2.75 bits per heavy atom. The normalized spacial score (nSPS) is 15.4. The molecule has 1 fully saturated rings. The smallest absolute Gasteiger partial charge is 0.125 e. The molecule has 2 rings (SSSR count). The molecule has 0 unspecified atom stereocenters. The van der Waals surface area contributed by atoms with Gasteiger partial charge in [0.25, 0.3) is 0 Å². The molecule has 0 amide bonds. The van der Waals surface area contributed by atoms with Gasteiger partial charge in [-0.05, 0) is 36.9 Å². The fraction of sp³-hybridized carbons (Fsp3) is 0.615. The molecule has 3 heteroatoms. The first-order chi connectivity index (χ1) is 7.81. The molecule has 0 atom stereocenters. The third-order valence-corrected chi connectivity index (χ3v) is 3.15. The summed E-state index contributed by atoms with van der Waals surface area (Å²) >= 11 is 0. The van der Waals surface area contributed by atoms with E-state index in [2.05, 4.69) is 28.2 Å². The number of hydrogen-bond donors (Lipinski definition) is 1. The molecule has 88 valence electrons. The number of nitrogens with zero attached hydrogens (tertiary/aromatic N) is 2. The van der Waals surface area contributed by atoms with Gasteiger partial charge in [0.15, 0.2) is 0 Å². The molecule has 1 aliphatic rings. The van der Waals surface area contributed by atoms with E-state index in [0.717, 1.165) is 24.8 Å². The highest BCUT2D eigenvalue weighted by Gasteiger charge is 2.23. The zero-order valence-electron chi connectivity index (χ0n) is 10.2. The van der Waals surface area contributed by atoms with Crippen LogP contribution in [0.3, 0.4) is 0 Å². The average Bonchev–Trinajstić information content (AvgIpc) is 3.13. The fourth-order valence-electron chi connectivity index (χ4n) is 1.90. The first kappa shape index (κ1) is 11.4. The van der Waals surface area contributed by atoms with Gasteiger partial charge in [0, 0.05) is 26.3 Å². The molecule has 1 aromatic rings. The molecule has 0 aliphatic heterocycles. The van der Waals surface area contributed by atoms with Crippen molar-refractivity contribution in [2.75, 3.05) is 25.5 Å².